The molecule has 0 aliphatic heterocycles. The molecule has 1 aliphatic carbocycles. The van der Waals surface area contributed by atoms with Crippen molar-refractivity contribution in [3.8, 4) is 5.88 Å². The maximum atomic E-state index is 14.5. The second-order valence-electron chi connectivity index (χ2n) is 7.55. The number of aliphatic carboxylic acids is 1. The molecule has 0 radical (unpaired) electrons. The molecule has 0 saturated heterocycles. The summed E-state index contributed by atoms with van der Waals surface area (Å²) in [5.41, 5.74) is -0.156. The van der Waals surface area contributed by atoms with E-state index in [-0.39, 0.29) is 29.4 Å². The number of carboxylic acids is 1. The number of rotatable bonds is 7. The third-order valence-corrected chi connectivity index (χ3v) is 5.18. The van der Waals surface area contributed by atoms with Crippen LogP contribution >= 0.6 is 0 Å². The van der Waals surface area contributed by atoms with Crippen LogP contribution in [0.15, 0.2) is 34.9 Å². The number of ether oxygens (including phenoxy) is 1. The van der Waals surface area contributed by atoms with Crippen LogP contribution in [0.3, 0.4) is 0 Å². The molecule has 3 N–H and O–H groups in total. The third-order valence-electron chi connectivity index (χ3n) is 5.18. The van der Waals surface area contributed by atoms with Crippen molar-refractivity contribution in [2.75, 3.05) is 10.6 Å². The summed E-state index contributed by atoms with van der Waals surface area (Å²) >= 11 is 0. The van der Waals surface area contributed by atoms with Gasteiger partial charge in [-0.2, -0.15) is 0 Å². The Hall–Kier alpha value is -4.16. The van der Waals surface area contributed by atoms with Gasteiger partial charge in [-0.25, -0.2) is 18.2 Å². The minimum Gasteiger partial charge on any atom is -0.481 e. The number of pyridine rings is 1. The highest BCUT2D eigenvalue weighted by Gasteiger charge is 2.27. The molecule has 0 spiro atoms. The van der Waals surface area contributed by atoms with Crippen LogP contribution in [0, 0.1) is 23.4 Å². The third kappa shape index (κ3) is 5.42. The largest absolute Gasteiger partial charge is 0.481 e. The van der Waals surface area contributed by atoms with E-state index in [4.69, 9.17) is 14.3 Å². The first-order valence-corrected chi connectivity index (χ1v) is 10.2. The minimum absolute atomic E-state index is 0.00470. The average molecular weight is 477 g/mol. The Balaban J connectivity index is 1.34. The number of hydrogen-bond donors (Lipinski definition) is 3. The summed E-state index contributed by atoms with van der Waals surface area (Å²) in [4.78, 5) is 27.3. The number of nitrogens with zero attached hydrogens (tertiary/aromatic N) is 3. The lowest BCUT2D eigenvalue weighted by Crippen LogP contribution is -2.28. The predicted octanol–water partition coefficient (Wildman–Crippen LogP) is 3.90. The number of amides is 1. The first kappa shape index (κ1) is 23.0. The molecule has 1 amide bonds. The number of nitrogens with one attached hydrogen (secondary N) is 2. The summed E-state index contributed by atoms with van der Waals surface area (Å²) < 4.78 is 51.5. The van der Waals surface area contributed by atoms with Gasteiger partial charge in [-0.15, -0.1) is 5.10 Å². The van der Waals surface area contributed by atoms with Gasteiger partial charge in [0.15, 0.2) is 17.5 Å². The summed E-state index contributed by atoms with van der Waals surface area (Å²) in [6, 6.07) is 3.72. The summed E-state index contributed by atoms with van der Waals surface area (Å²) in [5, 5.41) is 20.9. The second-order valence-corrected chi connectivity index (χ2v) is 7.55. The van der Waals surface area contributed by atoms with E-state index in [1.807, 2.05) is 0 Å². The molecule has 10 nitrogen and oxygen atoms in total. The van der Waals surface area contributed by atoms with E-state index in [0.29, 0.717) is 25.7 Å². The molecule has 0 atom stereocenters. The van der Waals surface area contributed by atoms with Crippen LogP contribution in [0.4, 0.5) is 30.6 Å². The molecule has 1 aromatic carbocycles. The van der Waals surface area contributed by atoms with Crippen LogP contribution in [0.2, 0.25) is 0 Å². The normalized spacial score (nSPS) is 17.7. The number of hydrogen-bond acceptors (Lipinski definition) is 8. The van der Waals surface area contributed by atoms with E-state index in [1.165, 1.54) is 6.07 Å². The molecule has 1 aliphatic rings. The number of benzene rings is 1. The van der Waals surface area contributed by atoms with Crippen LogP contribution in [0.5, 0.6) is 5.88 Å². The molecular formula is C21H18F3N5O5. The van der Waals surface area contributed by atoms with E-state index >= 15 is 0 Å². The van der Waals surface area contributed by atoms with Crippen molar-refractivity contribution in [1.29, 1.82) is 0 Å². The molecule has 1 saturated carbocycles. The Morgan fingerprint density at radius 3 is 2.47 bits per heavy atom. The summed E-state index contributed by atoms with van der Waals surface area (Å²) in [5.74, 6) is -5.62. The van der Waals surface area contributed by atoms with Crippen LogP contribution in [-0.4, -0.2) is 38.3 Å². The van der Waals surface area contributed by atoms with Gasteiger partial charge in [-0.3, -0.25) is 9.59 Å². The van der Waals surface area contributed by atoms with Gasteiger partial charge in [-0.05, 0) is 37.8 Å². The highest BCUT2D eigenvalue weighted by Crippen LogP contribution is 2.28. The van der Waals surface area contributed by atoms with Gasteiger partial charge in [0.1, 0.15) is 6.10 Å². The van der Waals surface area contributed by atoms with Crippen molar-refractivity contribution >= 4 is 29.3 Å². The van der Waals surface area contributed by atoms with Gasteiger partial charge in [-0.1, -0.05) is 5.10 Å². The molecule has 2 aromatic heterocycles. The number of anilines is 3. The molecule has 0 bridgehead atoms. The summed E-state index contributed by atoms with van der Waals surface area (Å²) in [6.45, 7) is 0. The lowest BCUT2D eigenvalue weighted by molar-refractivity contribution is -0.143. The lowest BCUT2D eigenvalue weighted by Gasteiger charge is -2.26. The molecule has 3 aromatic rings. The predicted molar refractivity (Wildman–Crippen MR) is 110 cm³/mol. The number of carbonyl (C=O) groups excluding carboxylic acids is 1. The lowest BCUT2D eigenvalue weighted by atomic mass is 9.87. The first-order chi connectivity index (χ1) is 16.3. The van der Waals surface area contributed by atoms with Crippen molar-refractivity contribution in [3.63, 3.8) is 0 Å². The van der Waals surface area contributed by atoms with Crippen LogP contribution in [-0.2, 0) is 4.79 Å². The zero-order chi connectivity index (χ0) is 24.2. The highest BCUT2D eigenvalue weighted by atomic mass is 19.2. The molecular weight excluding hydrogens is 459 g/mol. The fourth-order valence-electron chi connectivity index (χ4n) is 3.41. The Morgan fingerprint density at radius 2 is 1.79 bits per heavy atom. The Morgan fingerprint density at radius 1 is 1.03 bits per heavy atom. The Labute approximate surface area is 190 Å². The van der Waals surface area contributed by atoms with E-state index in [1.54, 1.807) is 0 Å². The van der Waals surface area contributed by atoms with E-state index in [9.17, 15) is 22.8 Å². The maximum Gasteiger partial charge on any atom is 0.320 e. The van der Waals surface area contributed by atoms with Crippen LogP contribution < -0.4 is 15.4 Å². The summed E-state index contributed by atoms with van der Waals surface area (Å²) in [6.07, 6.45) is 2.74. The Kier molecular flexibility index (Phi) is 6.61. The average Bonchev–Trinajstić information content (AvgIpc) is 3.27. The van der Waals surface area contributed by atoms with Crippen molar-refractivity contribution < 1.29 is 37.0 Å². The van der Waals surface area contributed by atoms with Gasteiger partial charge in [0.05, 0.1) is 17.8 Å². The second kappa shape index (κ2) is 9.77. The van der Waals surface area contributed by atoms with Gasteiger partial charge in [0, 0.05) is 17.8 Å². The van der Waals surface area contributed by atoms with Crippen LogP contribution in [0.25, 0.3) is 0 Å². The quantitative estimate of drug-likeness (QED) is 0.462. The van der Waals surface area contributed by atoms with Gasteiger partial charge >= 0.3 is 23.8 Å². The number of carboxylic acid groups (broad SMARTS) is 1. The SMILES string of the molecule is O=C(Nc1cnc(O[C@H]2CC[C@@H](C(=O)O)CC2)cc1F)c1nnc(Nc2ccc(F)c(F)c2)o1. The van der Waals surface area contributed by atoms with Crippen LogP contribution in [0.1, 0.15) is 36.4 Å². The Bertz CT molecular complexity index is 1210. The topological polar surface area (TPSA) is 139 Å². The van der Waals surface area contributed by atoms with Gasteiger partial charge in [0.25, 0.3) is 0 Å². The maximum absolute atomic E-state index is 14.5. The fraction of sp³-hybridized carbons (Fsp3) is 0.286. The van der Waals surface area contributed by atoms with Crippen molar-refractivity contribution in [3.05, 3.63) is 53.8 Å². The van der Waals surface area contributed by atoms with E-state index < -0.39 is 41.1 Å². The van der Waals surface area contributed by atoms with Gasteiger partial charge < -0.3 is 24.9 Å². The van der Waals surface area contributed by atoms with Crippen molar-refractivity contribution in [2.45, 2.75) is 31.8 Å². The van der Waals surface area contributed by atoms with Gasteiger partial charge in [0.2, 0.25) is 5.88 Å². The minimum atomic E-state index is -1.09. The van der Waals surface area contributed by atoms with Crippen molar-refractivity contribution in [1.82, 2.24) is 15.2 Å². The van der Waals surface area contributed by atoms with E-state index in [2.05, 4.69) is 25.8 Å². The number of aromatic nitrogens is 3. The number of halogens is 3. The van der Waals surface area contributed by atoms with Crippen molar-refractivity contribution in [2.24, 2.45) is 5.92 Å². The highest BCUT2D eigenvalue weighted by molar-refractivity contribution is 6.00. The number of carbonyl (C=O) groups is 2. The fourth-order valence-corrected chi connectivity index (χ4v) is 3.41. The molecule has 4 rings (SSSR count). The molecule has 2 heterocycles. The molecule has 13 heteroatoms. The standard InChI is InChI=1S/C21H18F3N5O5/c22-13-6-3-11(7-14(13)23)26-21-29-28-19(34-21)18(30)27-16-9-25-17(8-15(16)24)33-12-4-1-10(2-5-12)20(31)32/h3,6-10,12H,1-2,4-5H2,(H,26,29)(H,27,30)(H,31,32)/t10-,12+. The first-order valence-electron chi connectivity index (χ1n) is 10.2. The zero-order valence-corrected chi connectivity index (χ0v) is 17.4. The zero-order valence-electron chi connectivity index (χ0n) is 17.4. The smallest absolute Gasteiger partial charge is 0.320 e. The molecule has 34 heavy (non-hydrogen) atoms. The monoisotopic (exact) mass is 477 g/mol. The summed E-state index contributed by atoms with van der Waals surface area (Å²) in [7, 11) is 0. The molecule has 178 valence electrons. The van der Waals surface area contributed by atoms with E-state index in [0.717, 1.165) is 24.4 Å². The molecule has 0 unspecified atom stereocenters. The molecule has 1 fully saturated rings.